The van der Waals surface area contributed by atoms with E-state index in [0.717, 1.165) is 10.5 Å². The number of benzene rings is 3. The van der Waals surface area contributed by atoms with Crippen LogP contribution in [0.2, 0.25) is 5.02 Å². The van der Waals surface area contributed by atoms with Crippen LogP contribution < -0.4 is 20.3 Å². The van der Waals surface area contributed by atoms with Gasteiger partial charge in [-0.15, -0.1) is 0 Å². The third-order valence-electron chi connectivity index (χ3n) is 5.15. The standard InChI is InChI=1S/C26H19BrClN3O5/c1-15-2-7-19(8-3-15)29-23(32)14-36-22-11-4-17(27)12-16(22)13-21-24(33)30-26(35)31(25(21)34)20-9-5-18(28)6-10-20/h2-13H,14H2,1H3,(H,29,32)(H,30,33,35)/b21-13+. The fraction of sp³-hybridized carbons (Fsp3) is 0.0769. The summed E-state index contributed by atoms with van der Waals surface area (Å²) in [5, 5.41) is 5.33. The minimum Gasteiger partial charge on any atom is -0.483 e. The van der Waals surface area contributed by atoms with Crippen molar-refractivity contribution >= 4 is 68.7 Å². The second-order valence-corrected chi connectivity index (χ2v) is 9.17. The molecule has 10 heteroatoms. The minimum absolute atomic E-state index is 0.249. The van der Waals surface area contributed by atoms with E-state index in [2.05, 4.69) is 26.6 Å². The summed E-state index contributed by atoms with van der Waals surface area (Å²) in [6, 6.07) is 17.4. The summed E-state index contributed by atoms with van der Waals surface area (Å²) in [5.41, 5.74) is 2.02. The van der Waals surface area contributed by atoms with Gasteiger partial charge < -0.3 is 10.1 Å². The van der Waals surface area contributed by atoms with Gasteiger partial charge in [-0.3, -0.25) is 19.7 Å². The number of rotatable bonds is 6. The number of carbonyl (C=O) groups is 4. The number of imide groups is 2. The fourth-order valence-electron chi connectivity index (χ4n) is 3.38. The summed E-state index contributed by atoms with van der Waals surface area (Å²) in [6.07, 6.45) is 1.31. The molecule has 0 aliphatic carbocycles. The molecule has 1 heterocycles. The molecule has 1 fully saturated rings. The SMILES string of the molecule is Cc1ccc(NC(=O)COc2ccc(Br)cc2/C=C2\C(=O)NC(=O)N(c3ccc(Cl)cc3)C2=O)cc1. The Morgan fingerprint density at radius 1 is 1.06 bits per heavy atom. The zero-order valence-electron chi connectivity index (χ0n) is 18.9. The van der Waals surface area contributed by atoms with Crippen LogP contribution in [0, 0.1) is 6.92 Å². The smallest absolute Gasteiger partial charge is 0.335 e. The number of barbiturate groups is 1. The molecule has 0 bridgehead atoms. The zero-order chi connectivity index (χ0) is 25.8. The Morgan fingerprint density at radius 2 is 1.75 bits per heavy atom. The highest BCUT2D eigenvalue weighted by Crippen LogP contribution is 2.28. The van der Waals surface area contributed by atoms with E-state index in [1.165, 1.54) is 30.3 Å². The molecule has 36 heavy (non-hydrogen) atoms. The number of amides is 5. The van der Waals surface area contributed by atoms with Crippen molar-refractivity contribution in [2.45, 2.75) is 6.92 Å². The first-order valence-electron chi connectivity index (χ1n) is 10.7. The minimum atomic E-state index is -0.872. The number of nitrogens with zero attached hydrogens (tertiary/aromatic N) is 1. The molecule has 0 radical (unpaired) electrons. The van der Waals surface area contributed by atoms with Gasteiger partial charge in [0.25, 0.3) is 17.7 Å². The lowest BCUT2D eigenvalue weighted by Gasteiger charge is -2.26. The van der Waals surface area contributed by atoms with Gasteiger partial charge in [0, 0.05) is 20.7 Å². The van der Waals surface area contributed by atoms with Crippen molar-refractivity contribution in [2.24, 2.45) is 0 Å². The highest BCUT2D eigenvalue weighted by atomic mass is 79.9. The molecule has 3 aromatic carbocycles. The molecule has 1 aliphatic rings. The van der Waals surface area contributed by atoms with Crippen LogP contribution in [0.15, 0.2) is 76.8 Å². The lowest BCUT2D eigenvalue weighted by Crippen LogP contribution is -2.54. The summed E-state index contributed by atoms with van der Waals surface area (Å²) in [4.78, 5) is 51.3. The lowest BCUT2D eigenvalue weighted by molar-refractivity contribution is -0.122. The molecule has 0 spiro atoms. The topological polar surface area (TPSA) is 105 Å². The first-order chi connectivity index (χ1) is 17.2. The quantitative estimate of drug-likeness (QED) is 0.318. The van der Waals surface area contributed by atoms with Crippen molar-refractivity contribution in [3.63, 3.8) is 0 Å². The number of halogens is 2. The van der Waals surface area contributed by atoms with Crippen molar-refractivity contribution in [3.8, 4) is 5.75 Å². The van der Waals surface area contributed by atoms with E-state index in [1.807, 2.05) is 19.1 Å². The van der Waals surface area contributed by atoms with Gasteiger partial charge in [-0.25, -0.2) is 9.69 Å². The van der Waals surface area contributed by atoms with E-state index in [4.69, 9.17) is 16.3 Å². The Bertz CT molecular complexity index is 1390. The maximum atomic E-state index is 13.2. The van der Waals surface area contributed by atoms with Gasteiger partial charge in [0.2, 0.25) is 0 Å². The molecular weight excluding hydrogens is 550 g/mol. The van der Waals surface area contributed by atoms with Crippen LogP contribution in [0.1, 0.15) is 11.1 Å². The summed E-state index contributed by atoms with van der Waals surface area (Å²) in [6.45, 7) is 1.64. The molecule has 0 aromatic heterocycles. The first kappa shape index (κ1) is 25.2. The van der Waals surface area contributed by atoms with Crippen LogP contribution in [0.4, 0.5) is 16.2 Å². The van der Waals surface area contributed by atoms with Crippen molar-refractivity contribution in [1.82, 2.24) is 5.32 Å². The third kappa shape index (κ3) is 5.81. The second-order valence-electron chi connectivity index (χ2n) is 7.82. The highest BCUT2D eigenvalue weighted by Gasteiger charge is 2.37. The van der Waals surface area contributed by atoms with Gasteiger partial charge in [-0.05, 0) is 67.6 Å². The number of urea groups is 1. The number of hydrogen-bond donors (Lipinski definition) is 2. The summed E-state index contributed by atoms with van der Waals surface area (Å²) in [7, 11) is 0. The number of carbonyl (C=O) groups excluding carboxylic acids is 4. The van der Waals surface area contributed by atoms with E-state index in [9.17, 15) is 19.2 Å². The van der Waals surface area contributed by atoms with Gasteiger partial charge in [0.15, 0.2) is 6.61 Å². The maximum Gasteiger partial charge on any atom is 0.335 e. The summed E-state index contributed by atoms with van der Waals surface area (Å²) in [5.74, 6) is -1.78. The largest absolute Gasteiger partial charge is 0.483 e. The number of ether oxygens (including phenoxy) is 1. The fourth-order valence-corrected chi connectivity index (χ4v) is 3.88. The Morgan fingerprint density at radius 3 is 2.44 bits per heavy atom. The zero-order valence-corrected chi connectivity index (χ0v) is 21.2. The molecule has 4 rings (SSSR count). The molecule has 182 valence electrons. The van der Waals surface area contributed by atoms with Crippen LogP contribution in [0.25, 0.3) is 6.08 Å². The van der Waals surface area contributed by atoms with E-state index in [-0.39, 0.29) is 29.5 Å². The number of nitrogens with one attached hydrogen (secondary N) is 2. The van der Waals surface area contributed by atoms with E-state index >= 15 is 0 Å². The van der Waals surface area contributed by atoms with Crippen LogP contribution in [-0.4, -0.2) is 30.4 Å². The van der Waals surface area contributed by atoms with Crippen LogP contribution >= 0.6 is 27.5 Å². The molecule has 1 aliphatic heterocycles. The Balaban J connectivity index is 1.57. The summed E-state index contributed by atoms with van der Waals surface area (Å²) >= 11 is 9.26. The van der Waals surface area contributed by atoms with E-state index < -0.39 is 17.8 Å². The Hall–Kier alpha value is -3.95. The second kappa shape index (κ2) is 10.8. The van der Waals surface area contributed by atoms with Gasteiger partial charge in [-0.2, -0.15) is 0 Å². The molecular formula is C26H19BrClN3O5. The molecule has 8 nitrogen and oxygen atoms in total. The van der Waals surface area contributed by atoms with Crippen molar-refractivity contribution in [2.75, 3.05) is 16.8 Å². The van der Waals surface area contributed by atoms with E-state index in [0.29, 0.717) is 20.7 Å². The van der Waals surface area contributed by atoms with Gasteiger partial charge in [-0.1, -0.05) is 45.2 Å². The number of hydrogen-bond acceptors (Lipinski definition) is 5. The Kier molecular flexibility index (Phi) is 7.52. The average molecular weight is 569 g/mol. The van der Waals surface area contributed by atoms with Gasteiger partial charge in [0.1, 0.15) is 11.3 Å². The third-order valence-corrected chi connectivity index (χ3v) is 5.90. The monoisotopic (exact) mass is 567 g/mol. The summed E-state index contributed by atoms with van der Waals surface area (Å²) < 4.78 is 6.34. The van der Waals surface area contributed by atoms with Crippen LogP contribution in [0.3, 0.4) is 0 Å². The van der Waals surface area contributed by atoms with Gasteiger partial charge >= 0.3 is 6.03 Å². The molecule has 2 N–H and O–H groups in total. The average Bonchev–Trinajstić information content (AvgIpc) is 2.84. The first-order valence-corrected chi connectivity index (χ1v) is 11.8. The van der Waals surface area contributed by atoms with E-state index in [1.54, 1.807) is 30.3 Å². The lowest BCUT2D eigenvalue weighted by atomic mass is 10.1. The van der Waals surface area contributed by atoms with Crippen molar-refractivity contribution in [1.29, 1.82) is 0 Å². The molecule has 0 unspecified atom stereocenters. The molecule has 3 aromatic rings. The molecule has 5 amide bonds. The van der Waals surface area contributed by atoms with Crippen molar-refractivity contribution < 1.29 is 23.9 Å². The molecule has 0 atom stereocenters. The number of anilines is 2. The predicted molar refractivity (Wildman–Crippen MR) is 140 cm³/mol. The van der Waals surface area contributed by atoms with Crippen molar-refractivity contribution in [3.05, 3.63) is 92.9 Å². The normalized spacial score (nSPS) is 14.6. The highest BCUT2D eigenvalue weighted by molar-refractivity contribution is 9.10. The van der Waals surface area contributed by atoms with Gasteiger partial charge in [0.05, 0.1) is 5.69 Å². The maximum absolute atomic E-state index is 13.2. The van der Waals surface area contributed by atoms with Crippen LogP contribution in [-0.2, 0) is 14.4 Å². The molecule has 0 saturated carbocycles. The Labute approximate surface area is 220 Å². The predicted octanol–water partition coefficient (Wildman–Crippen LogP) is 5.09. The number of aryl methyl sites for hydroxylation is 1. The van der Waals surface area contributed by atoms with Crippen LogP contribution in [0.5, 0.6) is 5.75 Å². The molecule has 1 saturated heterocycles.